The number of likely N-dealkylation sites (tertiary alicyclic amines) is 1. The quantitative estimate of drug-likeness (QED) is 0.431. The van der Waals surface area contributed by atoms with E-state index in [1.807, 2.05) is 18.0 Å². The molecule has 0 aromatic heterocycles. The smallest absolute Gasteiger partial charge is 0.335 e. The fourth-order valence-corrected chi connectivity index (χ4v) is 4.77. The number of carboxylic acids is 2. The van der Waals surface area contributed by atoms with Crippen molar-refractivity contribution in [2.24, 2.45) is 0 Å². The van der Waals surface area contributed by atoms with Gasteiger partial charge in [0.15, 0.2) is 12.2 Å². The molecule has 1 aromatic carbocycles. The number of likely N-dealkylation sites (N-methyl/N-ethyl adjacent to an activating group) is 1. The molecule has 34 heavy (non-hydrogen) atoms. The summed E-state index contributed by atoms with van der Waals surface area (Å²) in [5, 5.41) is 33.6. The Morgan fingerprint density at radius 1 is 0.971 bits per heavy atom. The van der Waals surface area contributed by atoms with Crippen LogP contribution in [0.4, 0.5) is 0 Å². The van der Waals surface area contributed by atoms with Gasteiger partial charge < -0.3 is 25.3 Å². The topological polar surface area (TPSA) is 139 Å². The van der Waals surface area contributed by atoms with Crippen molar-refractivity contribution in [2.45, 2.75) is 69.2 Å². The van der Waals surface area contributed by atoms with Gasteiger partial charge in [0.05, 0.1) is 16.5 Å². The number of aliphatic hydroxyl groups is 2. The van der Waals surface area contributed by atoms with Crippen molar-refractivity contribution in [1.29, 1.82) is 0 Å². The molecule has 2 aliphatic rings. The Kier molecular flexibility index (Phi) is 11.0. The lowest BCUT2D eigenvalue weighted by Crippen LogP contribution is -2.53. The number of amides is 1. The summed E-state index contributed by atoms with van der Waals surface area (Å²) in [6.45, 7) is 2.38. The van der Waals surface area contributed by atoms with Crippen LogP contribution in [0.3, 0.4) is 0 Å². The zero-order valence-corrected chi connectivity index (χ0v) is 20.6. The molecule has 4 atom stereocenters. The normalized spacial score (nSPS) is 22.3. The van der Waals surface area contributed by atoms with Crippen LogP contribution in [0.25, 0.3) is 0 Å². The summed E-state index contributed by atoms with van der Waals surface area (Å²) in [6, 6.07) is 6.32. The number of hydrogen-bond acceptors (Lipinski definition) is 6. The molecule has 11 heteroatoms. The monoisotopic (exact) mass is 518 g/mol. The highest BCUT2D eigenvalue weighted by atomic mass is 35.5. The zero-order valence-electron chi connectivity index (χ0n) is 19.1. The fourth-order valence-electron chi connectivity index (χ4n) is 4.45. The Labute approximate surface area is 208 Å². The first-order valence-corrected chi connectivity index (χ1v) is 12.0. The van der Waals surface area contributed by atoms with E-state index >= 15 is 0 Å². The first-order valence-electron chi connectivity index (χ1n) is 11.3. The van der Waals surface area contributed by atoms with E-state index < -0.39 is 24.1 Å². The molecule has 1 aliphatic heterocycles. The standard InChI is InChI=1S/C19H26Cl2N2O.C4H6O6/c1-22(19(24)13-14-8-9-15(20)16(21)12-14)17-6-2-3-7-18(17)23-10-4-5-11-23;5-1(3(7)8)2(6)4(9)10/h8-9,12,17-18H,2-7,10-11,13H2,1H3;1-2,5-6H,(H,7,8)(H,9,10). The van der Waals surface area contributed by atoms with Gasteiger partial charge in [0.2, 0.25) is 5.91 Å². The summed E-state index contributed by atoms with van der Waals surface area (Å²) in [5.74, 6) is -3.37. The van der Waals surface area contributed by atoms with Crippen molar-refractivity contribution in [2.75, 3.05) is 20.1 Å². The molecule has 9 nitrogen and oxygen atoms in total. The lowest BCUT2D eigenvalue weighted by Gasteiger charge is -2.42. The molecule has 0 radical (unpaired) electrons. The highest BCUT2D eigenvalue weighted by Crippen LogP contribution is 2.30. The number of nitrogens with zero attached hydrogens (tertiary/aromatic N) is 2. The number of halogens is 2. The summed E-state index contributed by atoms with van der Waals surface area (Å²) < 4.78 is 0. The van der Waals surface area contributed by atoms with Gasteiger partial charge in [-0.25, -0.2) is 9.59 Å². The largest absolute Gasteiger partial charge is 0.479 e. The van der Waals surface area contributed by atoms with Gasteiger partial charge in [-0.05, 0) is 56.5 Å². The van der Waals surface area contributed by atoms with Gasteiger partial charge in [-0.3, -0.25) is 9.69 Å². The van der Waals surface area contributed by atoms with E-state index in [4.69, 9.17) is 43.6 Å². The molecule has 0 spiro atoms. The number of aliphatic hydroxyl groups excluding tert-OH is 2. The van der Waals surface area contributed by atoms with E-state index in [0.717, 1.165) is 12.0 Å². The summed E-state index contributed by atoms with van der Waals surface area (Å²) in [6.07, 6.45) is 3.28. The molecule has 0 bridgehead atoms. The molecule has 3 rings (SSSR count). The Hall–Kier alpha value is -1.91. The van der Waals surface area contributed by atoms with Crippen molar-refractivity contribution >= 4 is 41.0 Å². The van der Waals surface area contributed by atoms with Gasteiger partial charge in [-0.15, -0.1) is 0 Å². The molecular formula is C23H32Cl2N2O7. The first-order chi connectivity index (χ1) is 16.0. The van der Waals surface area contributed by atoms with Crippen LogP contribution < -0.4 is 0 Å². The van der Waals surface area contributed by atoms with Crippen molar-refractivity contribution in [3.8, 4) is 0 Å². The highest BCUT2D eigenvalue weighted by molar-refractivity contribution is 6.42. The number of aliphatic carboxylic acids is 2. The molecule has 1 heterocycles. The zero-order chi connectivity index (χ0) is 25.4. The van der Waals surface area contributed by atoms with Crippen LogP contribution in [0.2, 0.25) is 10.0 Å². The molecule has 1 aliphatic carbocycles. The molecule has 190 valence electrons. The summed E-state index contributed by atoms with van der Waals surface area (Å²) in [4.78, 5) is 36.9. The number of carboxylic acid groups (broad SMARTS) is 2. The number of hydrogen-bond donors (Lipinski definition) is 4. The molecule has 1 saturated carbocycles. The SMILES string of the molecule is CN(C(=O)Cc1ccc(Cl)c(Cl)c1)C1CCCCC1N1CCCC1.O=C(O)C(O)C(O)C(=O)O. The number of carbonyl (C=O) groups excluding carboxylic acids is 1. The summed E-state index contributed by atoms with van der Waals surface area (Å²) in [7, 11) is 1.97. The van der Waals surface area contributed by atoms with E-state index in [2.05, 4.69) is 4.90 Å². The minimum atomic E-state index is -2.27. The number of carbonyl (C=O) groups is 3. The van der Waals surface area contributed by atoms with E-state index in [1.165, 1.54) is 45.2 Å². The molecule has 1 aromatic rings. The highest BCUT2D eigenvalue weighted by Gasteiger charge is 2.35. The Bertz CT molecular complexity index is 846. The van der Waals surface area contributed by atoms with Crippen LogP contribution in [0.5, 0.6) is 0 Å². The van der Waals surface area contributed by atoms with Crippen molar-refractivity contribution in [3.63, 3.8) is 0 Å². The van der Waals surface area contributed by atoms with Crippen LogP contribution in [0.15, 0.2) is 18.2 Å². The van der Waals surface area contributed by atoms with Gasteiger partial charge >= 0.3 is 11.9 Å². The average Bonchev–Trinajstić information content (AvgIpc) is 3.35. The molecule has 1 amide bonds. The van der Waals surface area contributed by atoms with Crippen molar-refractivity contribution in [3.05, 3.63) is 33.8 Å². The van der Waals surface area contributed by atoms with Crippen LogP contribution in [-0.4, -0.2) is 92.5 Å². The van der Waals surface area contributed by atoms with E-state index in [-0.39, 0.29) is 5.91 Å². The third-order valence-corrected chi connectivity index (χ3v) is 7.08. The van der Waals surface area contributed by atoms with E-state index in [9.17, 15) is 14.4 Å². The minimum absolute atomic E-state index is 0.171. The molecule has 4 unspecified atom stereocenters. The van der Waals surface area contributed by atoms with Crippen molar-refractivity contribution < 1.29 is 34.8 Å². The van der Waals surface area contributed by atoms with Gasteiger partial charge in [-0.1, -0.05) is 42.1 Å². The maximum atomic E-state index is 12.8. The van der Waals surface area contributed by atoms with E-state index in [0.29, 0.717) is 28.5 Å². The van der Waals surface area contributed by atoms with Crippen LogP contribution in [-0.2, 0) is 20.8 Å². The van der Waals surface area contributed by atoms with Crippen LogP contribution in [0.1, 0.15) is 44.1 Å². The van der Waals surface area contributed by atoms with E-state index in [1.54, 1.807) is 12.1 Å². The first kappa shape index (κ1) is 28.3. The van der Waals surface area contributed by atoms with Gasteiger partial charge in [-0.2, -0.15) is 0 Å². The lowest BCUT2D eigenvalue weighted by molar-refractivity contribution is -0.165. The number of rotatable bonds is 7. The Balaban J connectivity index is 0.000000347. The molecule has 1 saturated heterocycles. The van der Waals surface area contributed by atoms with Gasteiger partial charge in [0.25, 0.3) is 0 Å². The van der Waals surface area contributed by atoms with Gasteiger partial charge in [0.1, 0.15) is 0 Å². The van der Waals surface area contributed by atoms with Crippen LogP contribution >= 0.6 is 23.2 Å². The minimum Gasteiger partial charge on any atom is -0.479 e. The second kappa shape index (κ2) is 13.3. The summed E-state index contributed by atoms with van der Waals surface area (Å²) >= 11 is 12.0. The average molecular weight is 519 g/mol. The van der Waals surface area contributed by atoms with Crippen molar-refractivity contribution in [1.82, 2.24) is 9.80 Å². The van der Waals surface area contributed by atoms with Gasteiger partial charge in [0, 0.05) is 19.1 Å². The predicted octanol–water partition coefficient (Wildman–Crippen LogP) is 2.28. The molecule has 2 fully saturated rings. The van der Waals surface area contributed by atoms with Crippen LogP contribution in [0, 0.1) is 0 Å². The maximum Gasteiger partial charge on any atom is 0.335 e. The fraction of sp³-hybridized carbons (Fsp3) is 0.609. The second-order valence-corrected chi connectivity index (χ2v) is 9.47. The predicted molar refractivity (Wildman–Crippen MR) is 127 cm³/mol. The third-order valence-electron chi connectivity index (χ3n) is 6.34. The molecule has 4 N–H and O–H groups in total. The Morgan fingerprint density at radius 3 is 2.06 bits per heavy atom. The Morgan fingerprint density at radius 2 is 1.53 bits per heavy atom. The maximum absolute atomic E-state index is 12.8. The lowest BCUT2D eigenvalue weighted by atomic mass is 9.88. The second-order valence-electron chi connectivity index (χ2n) is 8.66. The number of benzene rings is 1. The molecular weight excluding hydrogens is 487 g/mol. The summed E-state index contributed by atoms with van der Waals surface area (Å²) in [5.41, 5.74) is 0.926. The third kappa shape index (κ3) is 7.81.